The minimum absolute atomic E-state index is 0.124. The number of anilines is 1. The lowest BCUT2D eigenvalue weighted by atomic mass is 10.2. The topological polar surface area (TPSA) is 89.8 Å². The van der Waals surface area contributed by atoms with Crippen molar-refractivity contribution in [2.45, 2.75) is 6.10 Å². The Morgan fingerprint density at radius 2 is 1.87 bits per heavy atom. The van der Waals surface area contributed by atoms with Crippen LogP contribution in [0.3, 0.4) is 0 Å². The Kier molecular flexibility index (Phi) is 5.76. The summed E-state index contributed by atoms with van der Waals surface area (Å²) in [6.07, 6.45) is 1.06. The van der Waals surface area contributed by atoms with Crippen molar-refractivity contribution in [1.82, 2.24) is 5.32 Å². The molecule has 1 aromatic carbocycles. The lowest BCUT2D eigenvalue weighted by Crippen LogP contribution is -2.37. The number of hydrogen-bond acceptors (Lipinski definition) is 5. The number of hydrogen-bond donors (Lipinski definition) is 2. The van der Waals surface area contributed by atoms with E-state index in [9.17, 15) is 9.59 Å². The summed E-state index contributed by atoms with van der Waals surface area (Å²) in [6, 6.07) is 10.1. The maximum Gasteiger partial charge on any atom is 0.313 e. The van der Waals surface area contributed by atoms with Crippen molar-refractivity contribution in [3.05, 3.63) is 48.4 Å². The van der Waals surface area contributed by atoms with E-state index in [-0.39, 0.29) is 6.54 Å². The predicted molar refractivity (Wildman–Crippen MR) is 83.1 cm³/mol. The van der Waals surface area contributed by atoms with Crippen LogP contribution in [0, 0.1) is 0 Å². The second-order valence-corrected chi connectivity index (χ2v) is 4.63. The minimum Gasteiger partial charge on any atom is -0.497 e. The summed E-state index contributed by atoms with van der Waals surface area (Å²) in [7, 11) is 3.04. The first-order valence-corrected chi connectivity index (χ1v) is 6.93. The molecule has 0 aliphatic rings. The number of nitrogens with one attached hydrogen (secondary N) is 2. The van der Waals surface area contributed by atoms with Gasteiger partial charge in [0.1, 0.15) is 17.6 Å². The van der Waals surface area contributed by atoms with Gasteiger partial charge in [0.2, 0.25) is 0 Å². The summed E-state index contributed by atoms with van der Waals surface area (Å²) in [5, 5.41) is 5.00. The van der Waals surface area contributed by atoms with Crippen LogP contribution in [-0.4, -0.2) is 32.6 Å². The first-order valence-electron chi connectivity index (χ1n) is 6.93. The molecule has 23 heavy (non-hydrogen) atoms. The molecule has 0 aliphatic carbocycles. The van der Waals surface area contributed by atoms with Crippen molar-refractivity contribution in [3.63, 3.8) is 0 Å². The number of benzene rings is 1. The number of rotatable bonds is 6. The number of amides is 2. The van der Waals surface area contributed by atoms with E-state index in [1.165, 1.54) is 13.4 Å². The molecule has 0 aliphatic heterocycles. The Morgan fingerprint density at radius 1 is 1.13 bits per heavy atom. The number of carbonyl (C=O) groups excluding carboxylic acids is 2. The summed E-state index contributed by atoms with van der Waals surface area (Å²) in [4.78, 5) is 23.7. The normalized spacial score (nSPS) is 11.6. The molecule has 1 unspecified atom stereocenters. The zero-order valence-corrected chi connectivity index (χ0v) is 12.9. The van der Waals surface area contributed by atoms with Crippen LogP contribution in [0.15, 0.2) is 47.1 Å². The molecule has 2 N–H and O–H groups in total. The number of ether oxygens (including phenoxy) is 2. The first kappa shape index (κ1) is 16.6. The molecule has 1 aromatic heterocycles. The van der Waals surface area contributed by atoms with Crippen LogP contribution in [0.4, 0.5) is 5.69 Å². The molecular weight excluding hydrogens is 300 g/mol. The minimum atomic E-state index is -0.760. The van der Waals surface area contributed by atoms with Gasteiger partial charge in [0.05, 0.1) is 19.9 Å². The third kappa shape index (κ3) is 4.58. The predicted octanol–water partition coefficient (Wildman–Crippen LogP) is 1.73. The molecule has 7 heteroatoms. The van der Waals surface area contributed by atoms with E-state index in [4.69, 9.17) is 13.9 Å². The molecule has 2 amide bonds. The Morgan fingerprint density at radius 3 is 2.43 bits per heavy atom. The van der Waals surface area contributed by atoms with E-state index in [0.717, 1.165) is 0 Å². The molecule has 0 saturated carbocycles. The molecule has 0 spiro atoms. The lowest BCUT2D eigenvalue weighted by Gasteiger charge is -2.13. The van der Waals surface area contributed by atoms with Crippen molar-refractivity contribution in [3.8, 4) is 5.75 Å². The highest BCUT2D eigenvalue weighted by Crippen LogP contribution is 2.16. The van der Waals surface area contributed by atoms with Crippen LogP contribution in [-0.2, 0) is 14.3 Å². The van der Waals surface area contributed by atoms with Gasteiger partial charge in [-0.3, -0.25) is 9.59 Å². The summed E-state index contributed by atoms with van der Waals surface area (Å²) < 4.78 is 15.4. The molecule has 0 bridgehead atoms. The quantitative estimate of drug-likeness (QED) is 0.792. The third-order valence-electron chi connectivity index (χ3n) is 3.15. The molecule has 2 aromatic rings. The Bertz CT molecular complexity index is 637. The molecule has 1 atom stereocenters. The van der Waals surface area contributed by atoms with E-state index in [1.807, 2.05) is 0 Å². The van der Waals surface area contributed by atoms with E-state index < -0.39 is 17.9 Å². The van der Waals surface area contributed by atoms with Gasteiger partial charge in [-0.15, -0.1) is 0 Å². The highest BCUT2D eigenvalue weighted by Gasteiger charge is 2.18. The van der Waals surface area contributed by atoms with E-state index in [0.29, 0.717) is 17.2 Å². The van der Waals surface area contributed by atoms with Crippen molar-refractivity contribution in [2.75, 3.05) is 26.1 Å². The Balaban J connectivity index is 1.85. The summed E-state index contributed by atoms with van der Waals surface area (Å²) in [5.74, 6) is -0.281. The fraction of sp³-hybridized carbons (Fsp3) is 0.250. The zero-order valence-electron chi connectivity index (χ0n) is 12.9. The zero-order chi connectivity index (χ0) is 16.7. The molecule has 0 radical (unpaired) electrons. The standard InChI is InChI=1S/C16H18N2O5/c1-21-12-7-5-11(6-8-12)18-16(20)15(19)17-10-14(22-2)13-4-3-9-23-13/h3-9,14H,10H2,1-2H3,(H,17,19)(H,18,20). The number of furan rings is 1. The van der Waals surface area contributed by atoms with Gasteiger partial charge in [-0.1, -0.05) is 0 Å². The maximum atomic E-state index is 11.8. The van der Waals surface area contributed by atoms with Crippen LogP contribution in [0.25, 0.3) is 0 Å². The van der Waals surface area contributed by atoms with Gasteiger partial charge >= 0.3 is 11.8 Å². The van der Waals surface area contributed by atoms with Gasteiger partial charge in [-0.25, -0.2) is 0 Å². The monoisotopic (exact) mass is 318 g/mol. The second kappa shape index (κ2) is 8.00. The third-order valence-corrected chi connectivity index (χ3v) is 3.15. The largest absolute Gasteiger partial charge is 0.497 e. The van der Waals surface area contributed by atoms with Crippen LogP contribution in [0.5, 0.6) is 5.75 Å². The summed E-state index contributed by atoms with van der Waals surface area (Å²) in [5.41, 5.74) is 0.500. The SMILES string of the molecule is COc1ccc(NC(=O)C(=O)NCC(OC)c2ccco2)cc1. The maximum absolute atomic E-state index is 11.8. The highest BCUT2D eigenvalue weighted by atomic mass is 16.5. The molecule has 1 heterocycles. The molecule has 7 nitrogen and oxygen atoms in total. The first-order chi connectivity index (χ1) is 11.1. The van der Waals surface area contributed by atoms with Gasteiger partial charge in [0.15, 0.2) is 0 Å². The van der Waals surface area contributed by atoms with Crippen LogP contribution in [0.2, 0.25) is 0 Å². The second-order valence-electron chi connectivity index (χ2n) is 4.63. The molecule has 0 fully saturated rings. The van der Waals surface area contributed by atoms with Gasteiger partial charge in [0.25, 0.3) is 0 Å². The average Bonchev–Trinajstić information content (AvgIpc) is 3.10. The molecule has 122 valence electrons. The fourth-order valence-corrected chi connectivity index (χ4v) is 1.90. The van der Waals surface area contributed by atoms with Gasteiger partial charge < -0.3 is 24.5 Å². The summed E-state index contributed by atoms with van der Waals surface area (Å²) in [6.45, 7) is 0.124. The molecule has 2 rings (SSSR count). The number of carbonyl (C=O) groups is 2. The fourth-order valence-electron chi connectivity index (χ4n) is 1.90. The average molecular weight is 318 g/mol. The molecule has 0 saturated heterocycles. The van der Waals surface area contributed by atoms with E-state index in [2.05, 4.69) is 10.6 Å². The van der Waals surface area contributed by atoms with Gasteiger partial charge in [-0.2, -0.15) is 0 Å². The van der Waals surface area contributed by atoms with E-state index >= 15 is 0 Å². The van der Waals surface area contributed by atoms with Gasteiger partial charge in [-0.05, 0) is 36.4 Å². The van der Waals surface area contributed by atoms with Gasteiger partial charge in [0, 0.05) is 12.8 Å². The Labute approximate surface area is 133 Å². The summed E-state index contributed by atoms with van der Waals surface area (Å²) >= 11 is 0. The highest BCUT2D eigenvalue weighted by molar-refractivity contribution is 6.39. The van der Waals surface area contributed by atoms with Crippen LogP contribution in [0.1, 0.15) is 11.9 Å². The smallest absolute Gasteiger partial charge is 0.313 e. The lowest BCUT2D eigenvalue weighted by molar-refractivity contribution is -0.136. The van der Waals surface area contributed by atoms with Crippen molar-refractivity contribution < 1.29 is 23.5 Å². The Hall–Kier alpha value is -2.80. The van der Waals surface area contributed by atoms with E-state index in [1.54, 1.807) is 43.5 Å². The van der Waals surface area contributed by atoms with Crippen molar-refractivity contribution in [2.24, 2.45) is 0 Å². The molecular formula is C16H18N2O5. The van der Waals surface area contributed by atoms with Crippen LogP contribution < -0.4 is 15.4 Å². The number of methoxy groups -OCH3 is 2. The van der Waals surface area contributed by atoms with Crippen LogP contribution >= 0.6 is 0 Å². The van der Waals surface area contributed by atoms with Crippen molar-refractivity contribution >= 4 is 17.5 Å². The van der Waals surface area contributed by atoms with Crippen molar-refractivity contribution in [1.29, 1.82) is 0 Å².